The van der Waals surface area contributed by atoms with Crippen LogP contribution in [0.2, 0.25) is 0 Å². The van der Waals surface area contributed by atoms with E-state index in [2.05, 4.69) is 27.8 Å². The molecule has 0 aliphatic carbocycles. The molecule has 0 aliphatic rings. The molecule has 5 heteroatoms. The largest absolute Gasteiger partial charge is 0.506 e. The SMILES string of the molecule is C=CCNc1c(C)c(C(=O)Oc2ccccc2)c(O)c2cc(Br)ccc12. The molecule has 132 valence electrons. The number of aromatic hydroxyl groups is 1. The normalized spacial score (nSPS) is 10.5. The summed E-state index contributed by atoms with van der Waals surface area (Å²) in [4.78, 5) is 12.8. The van der Waals surface area contributed by atoms with E-state index in [1.807, 2.05) is 18.2 Å². The molecular weight excluding hydrogens is 394 g/mol. The van der Waals surface area contributed by atoms with Crippen LogP contribution in [0.15, 0.2) is 65.7 Å². The first-order valence-corrected chi connectivity index (χ1v) is 8.89. The Morgan fingerprint density at radius 2 is 1.96 bits per heavy atom. The molecule has 0 amide bonds. The number of nitrogens with one attached hydrogen (secondary N) is 1. The lowest BCUT2D eigenvalue weighted by atomic mass is 9.97. The number of benzene rings is 3. The summed E-state index contributed by atoms with van der Waals surface area (Å²) in [6, 6.07) is 14.4. The van der Waals surface area contributed by atoms with Crippen molar-refractivity contribution in [3.63, 3.8) is 0 Å². The highest BCUT2D eigenvalue weighted by Gasteiger charge is 2.23. The molecule has 0 aliphatic heterocycles. The quantitative estimate of drug-likeness (QED) is 0.254. The first kappa shape index (κ1) is 18.0. The van der Waals surface area contributed by atoms with E-state index in [9.17, 15) is 9.90 Å². The molecule has 26 heavy (non-hydrogen) atoms. The Labute approximate surface area is 160 Å². The summed E-state index contributed by atoms with van der Waals surface area (Å²) >= 11 is 3.41. The van der Waals surface area contributed by atoms with Gasteiger partial charge in [-0.15, -0.1) is 6.58 Å². The molecule has 0 heterocycles. The van der Waals surface area contributed by atoms with Crippen LogP contribution in [0.4, 0.5) is 5.69 Å². The standard InChI is InChI=1S/C21H18BrNO3/c1-3-11-23-19-13(2)18(21(25)26-15-7-5-4-6-8-15)20(24)17-12-14(22)9-10-16(17)19/h3-10,12,23-24H,1,11H2,2H3. The second-order valence-electron chi connectivity index (χ2n) is 5.79. The molecule has 0 bridgehead atoms. The zero-order valence-corrected chi connectivity index (χ0v) is 15.8. The van der Waals surface area contributed by atoms with E-state index >= 15 is 0 Å². The number of ether oxygens (including phenoxy) is 1. The van der Waals surface area contributed by atoms with Crippen LogP contribution in [0.3, 0.4) is 0 Å². The van der Waals surface area contributed by atoms with E-state index in [-0.39, 0.29) is 11.3 Å². The third kappa shape index (κ3) is 3.44. The lowest BCUT2D eigenvalue weighted by Gasteiger charge is -2.18. The van der Waals surface area contributed by atoms with Gasteiger partial charge in [0.05, 0.1) is 0 Å². The fraction of sp³-hybridized carbons (Fsp3) is 0.0952. The number of esters is 1. The Hall–Kier alpha value is -2.79. The maximum Gasteiger partial charge on any atom is 0.347 e. The topological polar surface area (TPSA) is 58.6 Å². The van der Waals surface area contributed by atoms with Crippen LogP contribution in [0.5, 0.6) is 11.5 Å². The predicted molar refractivity (Wildman–Crippen MR) is 108 cm³/mol. The van der Waals surface area contributed by atoms with Gasteiger partial charge < -0.3 is 15.2 Å². The molecule has 0 atom stereocenters. The number of fused-ring (bicyclic) bond motifs is 1. The summed E-state index contributed by atoms with van der Waals surface area (Å²) in [6.07, 6.45) is 1.74. The molecule has 2 N–H and O–H groups in total. The number of carbonyl (C=O) groups is 1. The number of hydrogen-bond donors (Lipinski definition) is 2. The highest BCUT2D eigenvalue weighted by atomic mass is 79.9. The first-order chi connectivity index (χ1) is 12.5. The van der Waals surface area contributed by atoms with Gasteiger partial charge in [-0.3, -0.25) is 0 Å². The van der Waals surface area contributed by atoms with Crippen molar-refractivity contribution in [2.45, 2.75) is 6.92 Å². The molecule has 3 rings (SSSR count). The van der Waals surface area contributed by atoms with Crippen molar-refractivity contribution in [3.8, 4) is 11.5 Å². The third-order valence-electron chi connectivity index (χ3n) is 4.07. The third-order valence-corrected chi connectivity index (χ3v) is 4.57. The molecule has 0 spiro atoms. The Kier molecular flexibility index (Phi) is 5.28. The van der Waals surface area contributed by atoms with E-state index in [0.29, 0.717) is 23.2 Å². The van der Waals surface area contributed by atoms with Crippen LogP contribution in [-0.4, -0.2) is 17.6 Å². The monoisotopic (exact) mass is 411 g/mol. The van der Waals surface area contributed by atoms with Crippen molar-refractivity contribution in [1.29, 1.82) is 0 Å². The lowest BCUT2D eigenvalue weighted by Crippen LogP contribution is -2.13. The van der Waals surface area contributed by atoms with Crippen molar-refractivity contribution in [2.24, 2.45) is 0 Å². The predicted octanol–water partition coefficient (Wildman–Crippen LogP) is 5.43. The second-order valence-corrected chi connectivity index (χ2v) is 6.70. The average molecular weight is 412 g/mol. The maximum absolute atomic E-state index is 12.8. The lowest BCUT2D eigenvalue weighted by molar-refractivity contribution is 0.0731. The zero-order valence-electron chi connectivity index (χ0n) is 14.3. The minimum atomic E-state index is -0.602. The minimum Gasteiger partial charge on any atom is -0.506 e. The van der Waals surface area contributed by atoms with E-state index in [1.54, 1.807) is 43.3 Å². The zero-order chi connectivity index (χ0) is 18.7. The highest BCUT2D eigenvalue weighted by Crippen LogP contribution is 2.40. The van der Waals surface area contributed by atoms with Crippen molar-refractivity contribution in [3.05, 3.63) is 76.8 Å². The van der Waals surface area contributed by atoms with Gasteiger partial charge in [0.25, 0.3) is 0 Å². The Morgan fingerprint density at radius 1 is 1.23 bits per heavy atom. The van der Waals surface area contributed by atoms with Crippen LogP contribution in [-0.2, 0) is 0 Å². The molecule has 4 nitrogen and oxygen atoms in total. The van der Waals surface area contributed by atoms with Crippen LogP contribution in [0, 0.1) is 6.92 Å². The summed E-state index contributed by atoms with van der Waals surface area (Å²) < 4.78 is 6.25. The number of phenols is 1. The first-order valence-electron chi connectivity index (χ1n) is 8.09. The summed E-state index contributed by atoms with van der Waals surface area (Å²) in [6.45, 7) is 6.04. The summed E-state index contributed by atoms with van der Waals surface area (Å²) in [5.74, 6) is -0.273. The van der Waals surface area contributed by atoms with Gasteiger partial charge in [-0.05, 0) is 36.8 Å². The average Bonchev–Trinajstić information content (AvgIpc) is 2.63. The number of para-hydroxylation sites is 1. The number of rotatable bonds is 5. The maximum atomic E-state index is 12.8. The number of carbonyl (C=O) groups excluding carboxylic acids is 1. The van der Waals surface area contributed by atoms with Crippen molar-refractivity contribution < 1.29 is 14.6 Å². The number of halogens is 1. The van der Waals surface area contributed by atoms with Gasteiger partial charge in [0.2, 0.25) is 0 Å². The Morgan fingerprint density at radius 3 is 2.65 bits per heavy atom. The minimum absolute atomic E-state index is 0.0936. The van der Waals surface area contributed by atoms with Crippen LogP contribution in [0.1, 0.15) is 15.9 Å². The van der Waals surface area contributed by atoms with Gasteiger partial charge in [-0.2, -0.15) is 0 Å². The Bertz CT molecular complexity index is 984. The van der Waals surface area contributed by atoms with Crippen molar-refractivity contribution >= 4 is 38.4 Å². The molecule has 0 unspecified atom stereocenters. The van der Waals surface area contributed by atoms with Gasteiger partial charge in [-0.1, -0.05) is 46.3 Å². The van der Waals surface area contributed by atoms with Crippen LogP contribution in [0.25, 0.3) is 10.8 Å². The molecule has 0 aromatic heterocycles. The van der Waals surface area contributed by atoms with E-state index in [0.717, 1.165) is 15.5 Å². The molecule has 0 saturated heterocycles. The Balaban J connectivity index is 2.17. The number of anilines is 1. The fourth-order valence-electron chi connectivity index (χ4n) is 2.87. The second kappa shape index (κ2) is 7.62. The molecule has 0 saturated carbocycles. The van der Waals surface area contributed by atoms with Gasteiger partial charge in [0, 0.05) is 27.5 Å². The fourth-order valence-corrected chi connectivity index (χ4v) is 3.23. The molecular formula is C21H18BrNO3. The summed E-state index contributed by atoms with van der Waals surface area (Å²) in [5, 5.41) is 15.4. The number of hydrogen-bond acceptors (Lipinski definition) is 4. The summed E-state index contributed by atoms with van der Waals surface area (Å²) in [5.41, 5.74) is 1.54. The van der Waals surface area contributed by atoms with Crippen LogP contribution >= 0.6 is 15.9 Å². The smallest absolute Gasteiger partial charge is 0.347 e. The van der Waals surface area contributed by atoms with Crippen molar-refractivity contribution in [2.75, 3.05) is 11.9 Å². The van der Waals surface area contributed by atoms with Gasteiger partial charge in [-0.25, -0.2) is 4.79 Å². The van der Waals surface area contributed by atoms with Gasteiger partial charge in [0.1, 0.15) is 17.1 Å². The highest BCUT2D eigenvalue weighted by molar-refractivity contribution is 9.10. The molecule has 3 aromatic carbocycles. The van der Waals surface area contributed by atoms with Crippen molar-refractivity contribution in [1.82, 2.24) is 0 Å². The van der Waals surface area contributed by atoms with Crippen LogP contribution < -0.4 is 10.1 Å². The van der Waals surface area contributed by atoms with E-state index in [4.69, 9.17) is 4.74 Å². The number of phenolic OH excluding ortho intramolecular Hbond substituents is 1. The summed E-state index contributed by atoms with van der Waals surface area (Å²) in [7, 11) is 0. The van der Waals surface area contributed by atoms with Gasteiger partial charge >= 0.3 is 5.97 Å². The van der Waals surface area contributed by atoms with E-state index in [1.165, 1.54) is 0 Å². The molecule has 0 radical (unpaired) electrons. The molecule has 0 fully saturated rings. The molecule has 3 aromatic rings. The van der Waals surface area contributed by atoms with Gasteiger partial charge in [0.15, 0.2) is 0 Å². The van der Waals surface area contributed by atoms with E-state index < -0.39 is 5.97 Å².